The van der Waals surface area contributed by atoms with Gasteiger partial charge in [-0.1, -0.05) is 34.7 Å². The predicted molar refractivity (Wildman–Crippen MR) is 163 cm³/mol. The Kier molecular flexibility index (Phi) is 6.69. The Hall–Kier alpha value is -7.54. The van der Waals surface area contributed by atoms with Crippen molar-refractivity contribution in [2.75, 3.05) is 0 Å². The molecule has 214 valence electrons. The fourth-order valence-corrected chi connectivity index (χ4v) is 4.92. The molecule has 0 amide bonds. The number of hydrogen-bond acceptors (Lipinski definition) is 10. The lowest BCUT2D eigenvalue weighted by Gasteiger charge is -2.15. The number of rotatable bonds is 6. The Morgan fingerprint density at radius 3 is 1.24 bits per heavy atom. The van der Waals surface area contributed by atoms with E-state index in [2.05, 4.69) is 32.8 Å². The van der Waals surface area contributed by atoms with Crippen molar-refractivity contribution >= 4 is 22.1 Å². The van der Waals surface area contributed by atoms with Crippen molar-refractivity contribution in [3.05, 3.63) is 119 Å². The van der Waals surface area contributed by atoms with Gasteiger partial charge >= 0.3 is 0 Å². The molecule has 2 heterocycles. The fraction of sp³-hybridized carbons (Fsp3) is 0. The van der Waals surface area contributed by atoms with Crippen LogP contribution in [0.5, 0.6) is 23.0 Å². The van der Waals surface area contributed by atoms with Crippen molar-refractivity contribution in [2.45, 2.75) is 0 Å². The molecule has 0 spiro atoms. The minimum Gasteiger partial charge on any atom is -0.455 e. The van der Waals surface area contributed by atoms with E-state index < -0.39 is 0 Å². The van der Waals surface area contributed by atoms with Gasteiger partial charge in [-0.25, -0.2) is 9.36 Å². The Bertz CT molecular complexity index is 2310. The van der Waals surface area contributed by atoms with Crippen LogP contribution in [0.1, 0.15) is 22.3 Å². The average molecular weight is 597 g/mol. The highest BCUT2D eigenvalue weighted by Gasteiger charge is 2.19. The molecular formula is C34H16N10O2. The molecule has 0 aliphatic carbocycles. The van der Waals surface area contributed by atoms with Crippen LogP contribution < -0.4 is 9.47 Å². The van der Waals surface area contributed by atoms with Crippen LogP contribution in [0, 0.1) is 45.3 Å². The van der Waals surface area contributed by atoms with E-state index in [0.29, 0.717) is 44.9 Å². The molecule has 2 aromatic heterocycles. The first-order valence-electron chi connectivity index (χ1n) is 13.6. The second-order valence-electron chi connectivity index (χ2n) is 9.83. The van der Waals surface area contributed by atoms with Crippen LogP contribution in [0.25, 0.3) is 33.4 Å². The highest BCUT2D eigenvalue weighted by molar-refractivity contribution is 5.78. The first-order chi connectivity index (χ1) is 22.6. The van der Waals surface area contributed by atoms with E-state index in [0.717, 1.165) is 0 Å². The van der Waals surface area contributed by atoms with Gasteiger partial charge in [0.15, 0.2) is 11.5 Å². The SMILES string of the molecule is N#Cc1cc(Oc2ccc(Oc3cc(C#N)c(C#N)cc3-n3nnc4ccccc43)cc2)c(-n2nnc3ccccc32)cc1C#N. The van der Waals surface area contributed by atoms with Gasteiger partial charge in [-0.15, -0.1) is 10.2 Å². The van der Waals surface area contributed by atoms with Crippen molar-refractivity contribution < 1.29 is 9.47 Å². The van der Waals surface area contributed by atoms with Gasteiger partial charge in [-0.3, -0.25) is 0 Å². The summed E-state index contributed by atoms with van der Waals surface area (Å²) in [6, 6.07) is 35.6. The summed E-state index contributed by atoms with van der Waals surface area (Å²) in [5.74, 6) is 1.38. The molecular weight excluding hydrogens is 580 g/mol. The Morgan fingerprint density at radius 2 is 0.848 bits per heavy atom. The molecule has 46 heavy (non-hydrogen) atoms. The predicted octanol–water partition coefficient (Wildman–Crippen LogP) is 6.23. The number of ether oxygens (including phenoxy) is 2. The standard InChI is InChI=1S/C34H16N10O2/c35-17-21-13-31(43-29-7-3-1-5-27(29)39-41-43)33(15-23(21)19-37)45-25-9-11-26(12-10-25)46-34-16-24(20-38)22(18-36)14-32(34)44-30-8-4-2-6-28(30)40-42-44/h1-16H. The number of hydrogen-bond donors (Lipinski definition) is 0. The monoisotopic (exact) mass is 596 g/mol. The van der Waals surface area contributed by atoms with E-state index in [4.69, 9.17) is 9.47 Å². The Morgan fingerprint density at radius 1 is 0.478 bits per heavy atom. The maximum absolute atomic E-state index is 9.67. The highest BCUT2D eigenvalue weighted by atomic mass is 16.5. The number of fused-ring (bicyclic) bond motifs is 2. The van der Waals surface area contributed by atoms with Crippen LogP contribution in [-0.4, -0.2) is 30.0 Å². The quantitative estimate of drug-likeness (QED) is 0.214. The smallest absolute Gasteiger partial charge is 0.154 e. The van der Waals surface area contributed by atoms with Crippen LogP contribution in [0.3, 0.4) is 0 Å². The summed E-state index contributed by atoms with van der Waals surface area (Å²) in [5, 5.41) is 55.6. The highest BCUT2D eigenvalue weighted by Crippen LogP contribution is 2.36. The first-order valence-corrected chi connectivity index (χ1v) is 13.6. The van der Waals surface area contributed by atoms with Crippen LogP contribution >= 0.6 is 0 Å². The third-order valence-electron chi connectivity index (χ3n) is 7.12. The van der Waals surface area contributed by atoms with E-state index in [1.54, 1.807) is 45.8 Å². The van der Waals surface area contributed by atoms with Gasteiger partial charge in [0, 0.05) is 12.1 Å². The summed E-state index contributed by atoms with van der Waals surface area (Å²) in [7, 11) is 0. The second kappa shape index (κ2) is 11.3. The van der Waals surface area contributed by atoms with Gasteiger partial charge in [0.05, 0.1) is 33.3 Å². The molecule has 0 aliphatic rings. The summed E-state index contributed by atoms with van der Waals surface area (Å²) < 4.78 is 15.5. The van der Waals surface area contributed by atoms with Crippen molar-refractivity contribution in [1.82, 2.24) is 30.0 Å². The Labute approximate surface area is 260 Å². The van der Waals surface area contributed by atoms with E-state index in [-0.39, 0.29) is 33.8 Å². The normalized spacial score (nSPS) is 10.5. The van der Waals surface area contributed by atoms with Gasteiger partial charge in [0.1, 0.15) is 58.2 Å². The molecule has 0 radical (unpaired) electrons. The lowest BCUT2D eigenvalue weighted by molar-refractivity contribution is 0.465. The summed E-state index contributed by atoms with van der Waals surface area (Å²) in [5.41, 5.74) is 4.18. The van der Waals surface area contributed by atoms with Crippen LogP contribution in [0.15, 0.2) is 97.1 Å². The molecule has 0 bridgehead atoms. The van der Waals surface area contributed by atoms with Crippen LogP contribution in [0.2, 0.25) is 0 Å². The lowest BCUT2D eigenvalue weighted by Crippen LogP contribution is -2.03. The zero-order chi connectivity index (χ0) is 31.6. The second-order valence-corrected chi connectivity index (χ2v) is 9.83. The Balaban J connectivity index is 1.25. The fourth-order valence-electron chi connectivity index (χ4n) is 4.92. The molecule has 0 aliphatic heterocycles. The maximum atomic E-state index is 9.67. The summed E-state index contributed by atoms with van der Waals surface area (Å²) in [6.45, 7) is 0. The molecule has 12 nitrogen and oxygen atoms in total. The van der Waals surface area contributed by atoms with E-state index in [1.165, 1.54) is 12.1 Å². The molecule has 12 heteroatoms. The lowest BCUT2D eigenvalue weighted by atomic mass is 10.1. The molecule has 0 saturated heterocycles. The largest absolute Gasteiger partial charge is 0.455 e. The molecule has 0 unspecified atom stereocenters. The van der Waals surface area contributed by atoms with Gasteiger partial charge in [-0.2, -0.15) is 21.0 Å². The summed E-state index contributed by atoms with van der Waals surface area (Å²) >= 11 is 0. The molecule has 7 aromatic rings. The number of nitrogens with zero attached hydrogens (tertiary/aromatic N) is 10. The molecule has 7 rings (SSSR count). The number of nitriles is 4. The van der Waals surface area contributed by atoms with E-state index in [1.807, 2.05) is 60.7 Å². The number of benzene rings is 5. The molecule has 5 aromatic carbocycles. The van der Waals surface area contributed by atoms with Crippen molar-refractivity contribution in [1.29, 1.82) is 21.0 Å². The van der Waals surface area contributed by atoms with E-state index >= 15 is 0 Å². The molecule has 0 fully saturated rings. The molecule has 0 atom stereocenters. The minimum atomic E-state index is 0.146. The third-order valence-corrected chi connectivity index (χ3v) is 7.12. The van der Waals surface area contributed by atoms with Gasteiger partial charge in [0.25, 0.3) is 0 Å². The first kappa shape index (κ1) is 27.3. The van der Waals surface area contributed by atoms with Gasteiger partial charge < -0.3 is 9.47 Å². The summed E-state index contributed by atoms with van der Waals surface area (Å²) in [6.07, 6.45) is 0. The zero-order valence-electron chi connectivity index (χ0n) is 23.5. The third kappa shape index (κ3) is 4.73. The number of para-hydroxylation sites is 2. The van der Waals surface area contributed by atoms with Crippen molar-refractivity contribution in [3.8, 4) is 58.6 Å². The van der Waals surface area contributed by atoms with Crippen molar-refractivity contribution in [2.24, 2.45) is 0 Å². The average Bonchev–Trinajstić information content (AvgIpc) is 3.73. The molecule has 0 saturated carbocycles. The molecule has 0 N–H and O–H groups in total. The van der Waals surface area contributed by atoms with E-state index in [9.17, 15) is 21.0 Å². The number of aromatic nitrogens is 6. The summed E-state index contributed by atoms with van der Waals surface area (Å²) in [4.78, 5) is 0. The van der Waals surface area contributed by atoms with Gasteiger partial charge in [0.2, 0.25) is 0 Å². The van der Waals surface area contributed by atoms with Crippen molar-refractivity contribution in [3.63, 3.8) is 0 Å². The maximum Gasteiger partial charge on any atom is 0.154 e. The zero-order valence-corrected chi connectivity index (χ0v) is 23.5. The topological polar surface area (TPSA) is 175 Å². The van der Waals surface area contributed by atoms with Gasteiger partial charge in [-0.05, 0) is 60.7 Å². The van der Waals surface area contributed by atoms with Crippen LogP contribution in [-0.2, 0) is 0 Å². The minimum absolute atomic E-state index is 0.146. The van der Waals surface area contributed by atoms with Crippen LogP contribution in [0.4, 0.5) is 0 Å².